The molecule has 6 nitrogen and oxygen atoms in total. The van der Waals surface area contributed by atoms with Crippen LogP contribution in [-0.2, 0) is 10.0 Å². The summed E-state index contributed by atoms with van der Waals surface area (Å²) in [5, 5.41) is 6.70. The van der Waals surface area contributed by atoms with E-state index < -0.39 is 15.5 Å². The highest BCUT2D eigenvalue weighted by Crippen LogP contribution is 2.30. The normalized spacial score (nSPS) is 26.2. The molecule has 0 aromatic carbocycles. The maximum atomic E-state index is 12.6. The Kier molecular flexibility index (Phi) is 8.42. The van der Waals surface area contributed by atoms with Crippen molar-refractivity contribution in [3.63, 3.8) is 0 Å². The summed E-state index contributed by atoms with van der Waals surface area (Å²) in [6.07, 6.45) is 8.04. The number of hydrogen-bond acceptors (Lipinski definition) is 3. The van der Waals surface area contributed by atoms with Gasteiger partial charge in [-0.2, -0.15) is 17.5 Å². The number of halogens is 3. The van der Waals surface area contributed by atoms with Crippen LogP contribution in [0.5, 0.6) is 0 Å². The van der Waals surface area contributed by atoms with Gasteiger partial charge in [-0.1, -0.05) is 19.8 Å². The predicted molar refractivity (Wildman–Crippen MR) is 104 cm³/mol. The van der Waals surface area contributed by atoms with E-state index in [4.69, 9.17) is 0 Å². The summed E-state index contributed by atoms with van der Waals surface area (Å²) >= 11 is 0. The van der Waals surface area contributed by atoms with Gasteiger partial charge in [-0.3, -0.25) is 4.99 Å². The number of rotatable bonds is 6. The van der Waals surface area contributed by atoms with Crippen LogP contribution in [0.1, 0.15) is 58.3 Å². The molecule has 0 radical (unpaired) electrons. The second-order valence-corrected chi connectivity index (χ2v) is 9.83. The Hall–Kier alpha value is -1.03. The molecule has 0 atom stereocenters. The number of nitrogens with one attached hydrogen (secondary N) is 2. The zero-order chi connectivity index (χ0) is 20.8. The fraction of sp³-hybridized carbons (Fsp3) is 0.944. The molecule has 2 N–H and O–H groups in total. The largest absolute Gasteiger partial charge is 0.511 e. The molecule has 1 heterocycles. The molecule has 0 unspecified atom stereocenters. The number of nitrogens with zero attached hydrogens (tertiary/aromatic N) is 2. The minimum atomic E-state index is -5.22. The summed E-state index contributed by atoms with van der Waals surface area (Å²) in [6, 6.07) is 0.401. The van der Waals surface area contributed by atoms with Gasteiger partial charge in [-0.25, -0.2) is 8.42 Å². The minimum absolute atomic E-state index is 0.0956. The van der Waals surface area contributed by atoms with E-state index in [0.29, 0.717) is 35.7 Å². The zero-order valence-electron chi connectivity index (χ0n) is 16.8. The third-order valence-corrected chi connectivity index (χ3v) is 7.50. The third-order valence-electron chi connectivity index (χ3n) is 5.87. The van der Waals surface area contributed by atoms with Crippen LogP contribution < -0.4 is 10.6 Å². The van der Waals surface area contributed by atoms with Crippen LogP contribution in [0.3, 0.4) is 0 Å². The van der Waals surface area contributed by atoms with Crippen LogP contribution in [0.4, 0.5) is 13.2 Å². The van der Waals surface area contributed by atoms with Gasteiger partial charge in [0.2, 0.25) is 0 Å². The second kappa shape index (κ2) is 10.1. The van der Waals surface area contributed by atoms with E-state index in [2.05, 4.69) is 22.5 Å². The molecular formula is C18H33F3N4O2S. The Bertz CT molecular complexity index is 609. The molecule has 1 saturated carbocycles. The van der Waals surface area contributed by atoms with Crippen molar-refractivity contribution in [2.24, 2.45) is 16.8 Å². The first-order valence-electron chi connectivity index (χ1n) is 10.2. The minimum Gasteiger partial charge on any atom is -0.356 e. The maximum Gasteiger partial charge on any atom is 0.511 e. The first-order valence-corrected chi connectivity index (χ1v) is 11.6. The molecule has 1 aliphatic carbocycles. The van der Waals surface area contributed by atoms with Gasteiger partial charge in [-0.05, 0) is 50.4 Å². The molecule has 2 fully saturated rings. The van der Waals surface area contributed by atoms with Crippen molar-refractivity contribution in [2.45, 2.75) is 69.8 Å². The van der Waals surface area contributed by atoms with Crippen molar-refractivity contribution >= 4 is 16.0 Å². The molecule has 28 heavy (non-hydrogen) atoms. The van der Waals surface area contributed by atoms with Gasteiger partial charge in [0, 0.05) is 32.7 Å². The fourth-order valence-electron chi connectivity index (χ4n) is 4.13. The molecule has 0 amide bonds. The van der Waals surface area contributed by atoms with Crippen LogP contribution in [0, 0.1) is 11.8 Å². The van der Waals surface area contributed by atoms with Gasteiger partial charge in [0.1, 0.15) is 0 Å². The SMILES string of the molecule is CCCC1CCC(NC(=NC)NCC2CCN(S(=O)(=O)C(F)(F)F)CC2)CC1. The number of hydrogen-bond donors (Lipinski definition) is 2. The Labute approximate surface area is 166 Å². The zero-order valence-corrected chi connectivity index (χ0v) is 17.6. The summed E-state index contributed by atoms with van der Waals surface area (Å²) in [7, 11) is -3.51. The van der Waals surface area contributed by atoms with Crippen molar-refractivity contribution in [3.05, 3.63) is 0 Å². The van der Waals surface area contributed by atoms with Crippen molar-refractivity contribution in [2.75, 3.05) is 26.7 Å². The smallest absolute Gasteiger partial charge is 0.356 e. The first kappa shape index (κ1) is 23.3. The number of aliphatic imine (C=N–C) groups is 1. The molecule has 1 aliphatic heterocycles. The van der Waals surface area contributed by atoms with Crippen molar-refractivity contribution in [1.82, 2.24) is 14.9 Å². The topological polar surface area (TPSA) is 73.8 Å². The fourth-order valence-corrected chi connectivity index (χ4v) is 5.12. The van der Waals surface area contributed by atoms with Gasteiger partial charge in [0.15, 0.2) is 5.96 Å². The summed E-state index contributed by atoms with van der Waals surface area (Å²) in [5.74, 6) is 1.67. The molecule has 2 aliphatic rings. The van der Waals surface area contributed by atoms with Crippen LogP contribution in [0.25, 0.3) is 0 Å². The highest BCUT2D eigenvalue weighted by Gasteiger charge is 2.50. The molecule has 2 rings (SSSR count). The Morgan fingerprint density at radius 1 is 1.07 bits per heavy atom. The quantitative estimate of drug-likeness (QED) is 0.506. The van der Waals surface area contributed by atoms with E-state index >= 15 is 0 Å². The van der Waals surface area contributed by atoms with Crippen LogP contribution in [0.2, 0.25) is 0 Å². The summed E-state index contributed by atoms with van der Waals surface area (Å²) in [6.45, 7) is 2.60. The molecule has 164 valence electrons. The summed E-state index contributed by atoms with van der Waals surface area (Å²) in [4.78, 5) is 4.25. The Morgan fingerprint density at radius 2 is 1.68 bits per heavy atom. The van der Waals surface area contributed by atoms with E-state index in [9.17, 15) is 21.6 Å². The lowest BCUT2D eigenvalue weighted by Crippen LogP contribution is -2.48. The van der Waals surface area contributed by atoms with Gasteiger partial charge >= 0.3 is 15.5 Å². The van der Waals surface area contributed by atoms with Crippen molar-refractivity contribution in [3.8, 4) is 0 Å². The monoisotopic (exact) mass is 426 g/mol. The molecule has 0 bridgehead atoms. The molecule has 0 aromatic rings. The lowest BCUT2D eigenvalue weighted by Gasteiger charge is -2.33. The molecular weight excluding hydrogens is 393 g/mol. The van der Waals surface area contributed by atoms with Crippen LogP contribution in [0.15, 0.2) is 4.99 Å². The molecule has 0 spiro atoms. The standard InChI is InChI=1S/C18H33F3N4O2S/c1-3-4-14-5-7-16(8-6-14)24-17(22-2)23-13-15-9-11-25(12-10-15)28(26,27)18(19,20)21/h14-16H,3-13H2,1-2H3,(H2,22,23,24). The van der Waals surface area contributed by atoms with Gasteiger partial charge in [0.05, 0.1) is 0 Å². The molecule has 10 heteroatoms. The van der Waals surface area contributed by atoms with Gasteiger partial charge in [0.25, 0.3) is 0 Å². The van der Waals surface area contributed by atoms with E-state index in [1.165, 1.54) is 25.7 Å². The average molecular weight is 427 g/mol. The van der Waals surface area contributed by atoms with Crippen LogP contribution in [-0.4, -0.2) is 56.9 Å². The van der Waals surface area contributed by atoms with Crippen molar-refractivity contribution < 1.29 is 21.6 Å². The molecule has 1 saturated heterocycles. The van der Waals surface area contributed by atoms with Gasteiger partial charge < -0.3 is 10.6 Å². The summed E-state index contributed by atoms with van der Waals surface area (Å²) < 4.78 is 61.4. The third kappa shape index (κ3) is 6.23. The number of piperidine rings is 1. The van der Waals surface area contributed by atoms with E-state index in [1.807, 2.05) is 0 Å². The lowest BCUT2D eigenvalue weighted by atomic mass is 9.83. The van der Waals surface area contributed by atoms with Crippen molar-refractivity contribution in [1.29, 1.82) is 0 Å². The molecule has 0 aromatic heterocycles. The van der Waals surface area contributed by atoms with E-state index in [1.54, 1.807) is 7.05 Å². The highest BCUT2D eigenvalue weighted by atomic mass is 32.2. The first-order chi connectivity index (χ1) is 13.2. The van der Waals surface area contributed by atoms with E-state index in [-0.39, 0.29) is 19.0 Å². The Balaban J connectivity index is 1.72. The number of guanidine groups is 1. The lowest BCUT2D eigenvalue weighted by molar-refractivity contribution is -0.0496. The maximum absolute atomic E-state index is 12.6. The number of sulfonamides is 1. The van der Waals surface area contributed by atoms with Crippen LogP contribution >= 0.6 is 0 Å². The number of alkyl halides is 3. The predicted octanol–water partition coefficient (Wildman–Crippen LogP) is 3.07. The van der Waals surface area contributed by atoms with E-state index in [0.717, 1.165) is 18.8 Å². The average Bonchev–Trinajstić information content (AvgIpc) is 2.66. The second-order valence-electron chi connectivity index (χ2n) is 7.90. The summed E-state index contributed by atoms with van der Waals surface area (Å²) in [5.41, 5.74) is -5.22. The Morgan fingerprint density at radius 3 is 2.18 bits per heavy atom. The van der Waals surface area contributed by atoms with Gasteiger partial charge in [-0.15, -0.1) is 0 Å². The highest BCUT2D eigenvalue weighted by molar-refractivity contribution is 7.90.